The molecule has 2 heterocycles. The summed E-state index contributed by atoms with van der Waals surface area (Å²) in [6, 6.07) is 37.5. The third-order valence-corrected chi connectivity index (χ3v) is 10.5. The Kier molecular flexibility index (Phi) is 9.99. The minimum atomic E-state index is 0.0165. The van der Waals surface area contributed by atoms with Crippen molar-refractivity contribution in [3.8, 4) is 5.69 Å². The van der Waals surface area contributed by atoms with E-state index in [4.69, 9.17) is 21.4 Å². The summed E-state index contributed by atoms with van der Waals surface area (Å²) in [7, 11) is 0. The number of unbranched alkanes of at least 4 members (excludes halogenated alkanes) is 5. The second kappa shape index (κ2) is 15.4. The van der Waals surface area contributed by atoms with Crippen molar-refractivity contribution in [3.05, 3.63) is 138 Å². The Balaban J connectivity index is 0.830. The van der Waals surface area contributed by atoms with Crippen LogP contribution in [0.3, 0.4) is 0 Å². The smallest absolute Gasteiger partial charge is 0.239 e. The highest BCUT2D eigenvalue weighted by Gasteiger charge is 2.32. The zero-order chi connectivity index (χ0) is 37.0. The Bertz CT molecular complexity index is 2400. The van der Waals surface area contributed by atoms with Gasteiger partial charge in [0.2, 0.25) is 16.7 Å². The molecule has 1 aromatic heterocycles. The average molecular weight is 714 g/mol. The molecule has 0 saturated carbocycles. The molecule has 8 nitrogen and oxygen atoms in total. The van der Waals surface area contributed by atoms with Crippen LogP contribution in [-0.4, -0.2) is 29.8 Å². The van der Waals surface area contributed by atoms with E-state index in [9.17, 15) is 0 Å². The summed E-state index contributed by atoms with van der Waals surface area (Å²) in [6.45, 7) is 6.23. The standard InChI is InChI=1S/C46H48N8/c1-31-25-39-45(53(35-15-9-7-10-16-35)43-21-19-33(47)27-41(43)51-39)29-37(31)49-23-13-5-3-4-6-14-24-50-38-30-46-40(26-32(38)2)52-42-28-34(48)20-22-44(42)54(46)36-17-11-8-12-18-36/h7-12,15-22,25-30,45,49H,3-6,13-14,23-24,47-48H2,1-2H3/p+1. The molecular weight excluding hydrogens is 665 g/mol. The van der Waals surface area contributed by atoms with Gasteiger partial charge in [-0.1, -0.05) is 62.1 Å². The summed E-state index contributed by atoms with van der Waals surface area (Å²) in [5.74, 6) is 0. The van der Waals surface area contributed by atoms with Crippen molar-refractivity contribution in [1.82, 2.24) is 10.3 Å². The highest BCUT2D eigenvalue weighted by atomic mass is 15.2. The number of hydrogen-bond donors (Lipinski definition) is 4. The predicted molar refractivity (Wildman–Crippen MR) is 226 cm³/mol. The van der Waals surface area contributed by atoms with Crippen molar-refractivity contribution in [2.24, 2.45) is 4.99 Å². The third-order valence-electron chi connectivity index (χ3n) is 10.5. The molecule has 0 radical (unpaired) electrons. The molecule has 6 N–H and O–H groups in total. The highest BCUT2D eigenvalue weighted by Crippen LogP contribution is 2.42. The van der Waals surface area contributed by atoms with E-state index in [-0.39, 0.29) is 6.04 Å². The van der Waals surface area contributed by atoms with Gasteiger partial charge in [0.1, 0.15) is 11.0 Å². The predicted octanol–water partition coefficient (Wildman–Crippen LogP) is 9.62. The number of nitrogens with zero attached hydrogens (tertiary/aromatic N) is 4. The first-order valence-electron chi connectivity index (χ1n) is 19.2. The molecule has 5 aromatic carbocycles. The van der Waals surface area contributed by atoms with Crippen molar-refractivity contribution < 1.29 is 4.57 Å². The number of anilines is 5. The van der Waals surface area contributed by atoms with Crippen molar-refractivity contribution in [3.63, 3.8) is 0 Å². The number of aliphatic imine (C=N–C) groups is 1. The second-order valence-electron chi connectivity index (χ2n) is 14.5. The number of allylic oxidation sites excluding steroid dienone is 1. The molecule has 0 amide bonds. The van der Waals surface area contributed by atoms with Crippen LogP contribution < -0.4 is 31.6 Å². The monoisotopic (exact) mass is 713 g/mol. The normalized spacial score (nSPS) is 15.0. The Morgan fingerprint density at radius 1 is 0.685 bits per heavy atom. The van der Waals surface area contributed by atoms with E-state index in [0.29, 0.717) is 5.69 Å². The van der Waals surface area contributed by atoms with Gasteiger partial charge in [-0.3, -0.25) is 0 Å². The molecular formula is C46H49N8+. The van der Waals surface area contributed by atoms with Gasteiger partial charge >= 0.3 is 0 Å². The van der Waals surface area contributed by atoms with E-state index >= 15 is 0 Å². The van der Waals surface area contributed by atoms with Gasteiger partial charge in [0, 0.05) is 65.8 Å². The maximum atomic E-state index is 6.15. The number of aromatic nitrogens is 2. The fourth-order valence-corrected chi connectivity index (χ4v) is 7.75. The topological polar surface area (TPSA) is 108 Å². The van der Waals surface area contributed by atoms with Crippen LogP contribution in [0, 0.1) is 6.92 Å². The number of fused-ring (bicyclic) bond motifs is 4. The third kappa shape index (κ3) is 7.24. The largest absolute Gasteiger partial charge is 0.399 e. The van der Waals surface area contributed by atoms with Crippen LogP contribution in [0.25, 0.3) is 27.8 Å². The number of nitrogen functional groups attached to an aromatic ring is 2. The van der Waals surface area contributed by atoms with E-state index in [1.165, 1.54) is 42.5 Å². The summed E-state index contributed by atoms with van der Waals surface area (Å²) < 4.78 is 2.29. The van der Waals surface area contributed by atoms with Crippen LogP contribution in [0.1, 0.15) is 51.0 Å². The molecule has 8 rings (SSSR count). The summed E-state index contributed by atoms with van der Waals surface area (Å²) in [6.07, 6.45) is 11.7. The molecule has 6 aromatic rings. The van der Waals surface area contributed by atoms with Crippen LogP contribution in [0.4, 0.5) is 34.1 Å². The van der Waals surface area contributed by atoms with Crippen LogP contribution in [0.5, 0.6) is 0 Å². The minimum Gasteiger partial charge on any atom is -0.399 e. The van der Waals surface area contributed by atoms with E-state index in [1.807, 2.05) is 30.3 Å². The van der Waals surface area contributed by atoms with Crippen LogP contribution in [0.2, 0.25) is 0 Å². The second-order valence-corrected chi connectivity index (χ2v) is 14.5. The number of para-hydroxylation sites is 2. The van der Waals surface area contributed by atoms with E-state index < -0.39 is 0 Å². The van der Waals surface area contributed by atoms with Gasteiger partial charge in [0.05, 0.1) is 23.1 Å². The Labute approximate surface area is 317 Å². The SMILES string of the molecule is CC1=CC2=Nc3cc(N)ccc3N(c3ccccc3)C2C=C1NCCCCCCCCNc1cc2c(cc1C)nc1cc(N)ccc1[n+]2-c1ccccc1. The number of hydrogen-bond acceptors (Lipinski definition) is 7. The van der Waals surface area contributed by atoms with Crippen molar-refractivity contribution in [2.75, 3.05) is 34.8 Å². The fourth-order valence-electron chi connectivity index (χ4n) is 7.75. The van der Waals surface area contributed by atoms with Crippen LogP contribution in [-0.2, 0) is 0 Å². The van der Waals surface area contributed by atoms with Crippen LogP contribution in [0.15, 0.2) is 138 Å². The molecule has 8 heteroatoms. The first-order valence-corrected chi connectivity index (χ1v) is 19.2. The van der Waals surface area contributed by atoms with Gasteiger partial charge in [0.15, 0.2) is 0 Å². The van der Waals surface area contributed by atoms with Gasteiger partial charge in [-0.05, 0) is 98.5 Å². The number of nitrogens with two attached hydrogens (primary N) is 2. The molecule has 1 unspecified atom stereocenters. The number of benzene rings is 5. The van der Waals surface area contributed by atoms with E-state index in [2.05, 4.69) is 125 Å². The fraction of sp³-hybridized carbons (Fsp3) is 0.239. The summed E-state index contributed by atoms with van der Waals surface area (Å²) in [4.78, 5) is 12.4. The molecule has 0 fully saturated rings. The van der Waals surface area contributed by atoms with Crippen molar-refractivity contribution in [2.45, 2.75) is 58.4 Å². The van der Waals surface area contributed by atoms with Gasteiger partial charge in [-0.25, -0.2) is 9.98 Å². The molecule has 2 aliphatic rings. The summed E-state index contributed by atoms with van der Waals surface area (Å²) in [5.41, 5.74) is 27.7. The average Bonchev–Trinajstić information content (AvgIpc) is 3.17. The lowest BCUT2D eigenvalue weighted by atomic mass is 9.94. The molecule has 0 spiro atoms. The summed E-state index contributed by atoms with van der Waals surface area (Å²) in [5, 5.41) is 7.49. The van der Waals surface area contributed by atoms with Gasteiger partial charge < -0.3 is 27.0 Å². The molecule has 0 saturated heterocycles. The Morgan fingerprint density at radius 3 is 2.13 bits per heavy atom. The lowest BCUT2D eigenvalue weighted by Gasteiger charge is -2.38. The number of nitrogens with one attached hydrogen (secondary N) is 2. The molecule has 1 aliphatic heterocycles. The highest BCUT2D eigenvalue weighted by molar-refractivity contribution is 6.10. The zero-order valence-corrected chi connectivity index (χ0v) is 31.2. The molecule has 272 valence electrons. The van der Waals surface area contributed by atoms with Crippen LogP contribution >= 0.6 is 0 Å². The molecule has 1 atom stereocenters. The van der Waals surface area contributed by atoms with Crippen molar-refractivity contribution >= 4 is 61.9 Å². The lowest BCUT2D eigenvalue weighted by molar-refractivity contribution is -0.538. The Hall–Kier alpha value is -6.15. The van der Waals surface area contributed by atoms with Gasteiger partial charge in [0.25, 0.3) is 0 Å². The van der Waals surface area contributed by atoms with Crippen molar-refractivity contribution in [1.29, 1.82) is 0 Å². The zero-order valence-electron chi connectivity index (χ0n) is 31.2. The lowest BCUT2D eigenvalue weighted by Crippen LogP contribution is -2.41. The maximum Gasteiger partial charge on any atom is 0.239 e. The number of aryl methyl sites for hydroxylation is 1. The first-order chi connectivity index (χ1) is 26.4. The Morgan fingerprint density at radius 2 is 1.35 bits per heavy atom. The van der Waals surface area contributed by atoms with Gasteiger partial charge in [-0.2, -0.15) is 0 Å². The summed E-state index contributed by atoms with van der Waals surface area (Å²) >= 11 is 0. The quantitative estimate of drug-likeness (QED) is 0.0411. The minimum absolute atomic E-state index is 0.0165. The molecule has 1 aliphatic carbocycles. The maximum absolute atomic E-state index is 6.15. The molecule has 0 bridgehead atoms. The van der Waals surface area contributed by atoms with E-state index in [0.717, 1.165) is 87.8 Å². The van der Waals surface area contributed by atoms with E-state index in [1.54, 1.807) is 0 Å². The number of rotatable bonds is 13. The van der Waals surface area contributed by atoms with Gasteiger partial charge in [-0.15, -0.1) is 4.57 Å². The molecule has 54 heavy (non-hydrogen) atoms. The first kappa shape index (κ1) is 34.9.